The summed E-state index contributed by atoms with van der Waals surface area (Å²) in [5.74, 6) is 0.734. The topological polar surface area (TPSA) is 38.1 Å². The third-order valence-electron chi connectivity index (χ3n) is 2.73. The number of nitrogens with zero attached hydrogens (tertiary/aromatic N) is 1. The van der Waals surface area contributed by atoms with Crippen LogP contribution in [0.4, 0.5) is 0 Å². The van der Waals surface area contributed by atoms with E-state index in [9.17, 15) is 0 Å². The Balaban J connectivity index is 1.84. The summed E-state index contributed by atoms with van der Waals surface area (Å²) in [6.45, 7) is 2.81. The van der Waals surface area contributed by atoms with Gasteiger partial charge in [-0.05, 0) is 30.5 Å². The molecule has 1 heterocycles. The van der Waals surface area contributed by atoms with Crippen molar-refractivity contribution in [3.8, 4) is 0 Å². The van der Waals surface area contributed by atoms with Gasteiger partial charge in [-0.15, -0.1) is 0 Å². The average molecular weight is 202 g/mol. The van der Waals surface area contributed by atoms with Crippen molar-refractivity contribution in [1.82, 2.24) is 10.3 Å². The number of rotatable bonds is 3. The summed E-state index contributed by atoms with van der Waals surface area (Å²) in [5, 5.41) is 3.49. The first-order valence-electron chi connectivity index (χ1n) is 5.41. The van der Waals surface area contributed by atoms with Crippen molar-refractivity contribution in [2.45, 2.75) is 32.4 Å². The molecule has 0 amide bonds. The summed E-state index contributed by atoms with van der Waals surface area (Å²) in [6.07, 6.45) is 2.65. The van der Waals surface area contributed by atoms with E-state index in [2.05, 4.69) is 22.4 Å². The van der Waals surface area contributed by atoms with Crippen LogP contribution in [0.15, 0.2) is 22.6 Å². The van der Waals surface area contributed by atoms with Gasteiger partial charge in [-0.2, -0.15) is 0 Å². The van der Waals surface area contributed by atoms with E-state index in [4.69, 9.17) is 4.42 Å². The number of hydrogen-bond donors (Lipinski definition) is 1. The van der Waals surface area contributed by atoms with Crippen molar-refractivity contribution in [1.29, 1.82) is 0 Å². The highest BCUT2D eigenvalue weighted by Crippen LogP contribution is 2.20. The molecule has 1 aliphatic rings. The van der Waals surface area contributed by atoms with Crippen LogP contribution in [-0.4, -0.2) is 11.0 Å². The molecule has 1 aromatic heterocycles. The Morgan fingerprint density at radius 2 is 2.33 bits per heavy atom. The van der Waals surface area contributed by atoms with Crippen molar-refractivity contribution in [3.63, 3.8) is 0 Å². The van der Waals surface area contributed by atoms with Gasteiger partial charge in [-0.25, -0.2) is 4.98 Å². The van der Waals surface area contributed by atoms with E-state index in [-0.39, 0.29) is 0 Å². The fourth-order valence-electron chi connectivity index (χ4n) is 1.75. The van der Waals surface area contributed by atoms with E-state index < -0.39 is 0 Å². The summed E-state index contributed by atoms with van der Waals surface area (Å²) in [5.41, 5.74) is 3.12. The molecule has 15 heavy (non-hydrogen) atoms. The zero-order chi connectivity index (χ0) is 10.3. The summed E-state index contributed by atoms with van der Waals surface area (Å²) < 4.78 is 5.43. The maximum atomic E-state index is 5.43. The third-order valence-corrected chi connectivity index (χ3v) is 2.73. The number of benzene rings is 1. The van der Waals surface area contributed by atoms with Crippen molar-refractivity contribution >= 4 is 11.1 Å². The second-order valence-electron chi connectivity index (χ2n) is 4.19. The molecule has 0 radical (unpaired) electrons. The number of fused-ring (bicyclic) bond motifs is 1. The summed E-state index contributed by atoms with van der Waals surface area (Å²) in [6, 6.07) is 6.95. The second-order valence-corrected chi connectivity index (χ2v) is 4.19. The van der Waals surface area contributed by atoms with E-state index in [0.29, 0.717) is 0 Å². The van der Waals surface area contributed by atoms with Crippen LogP contribution < -0.4 is 5.32 Å². The molecule has 2 aromatic rings. The molecule has 0 saturated heterocycles. The molecule has 78 valence electrons. The Kier molecular flexibility index (Phi) is 1.99. The number of oxazole rings is 1. The average Bonchev–Trinajstić information content (AvgIpc) is 2.96. The number of aromatic nitrogens is 1. The van der Waals surface area contributed by atoms with Gasteiger partial charge in [0.05, 0.1) is 0 Å². The molecule has 0 unspecified atom stereocenters. The molecule has 0 bridgehead atoms. The molecule has 0 spiro atoms. The first kappa shape index (κ1) is 8.92. The highest BCUT2D eigenvalue weighted by molar-refractivity contribution is 5.73. The molecule has 1 saturated carbocycles. The Morgan fingerprint density at radius 1 is 1.47 bits per heavy atom. The van der Waals surface area contributed by atoms with Crippen LogP contribution in [0.5, 0.6) is 0 Å². The van der Waals surface area contributed by atoms with Gasteiger partial charge in [-0.3, -0.25) is 0 Å². The lowest BCUT2D eigenvalue weighted by Gasteiger charge is -2.01. The lowest BCUT2D eigenvalue weighted by molar-refractivity contribution is 0.561. The SMILES string of the molecule is Cc1nc2cc(CNC3CC3)ccc2o1. The quantitative estimate of drug-likeness (QED) is 0.830. The first-order valence-corrected chi connectivity index (χ1v) is 5.41. The molecular weight excluding hydrogens is 188 g/mol. The Morgan fingerprint density at radius 3 is 3.13 bits per heavy atom. The normalized spacial score (nSPS) is 16.1. The van der Waals surface area contributed by atoms with Crippen LogP contribution in [0.2, 0.25) is 0 Å². The minimum Gasteiger partial charge on any atom is -0.441 e. The number of hydrogen-bond acceptors (Lipinski definition) is 3. The Bertz CT molecular complexity index is 485. The smallest absolute Gasteiger partial charge is 0.192 e. The zero-order valence-electron chi connectivity index (χ0n) is 8.79. The van der Waals surface area contributed by atoms with Gasteiger partial charge in [0.15, 0.2) is 11.5 Å². The summed E-state index contributed by atoms with van der Waals surface area (Å²) in [4.78, 5) is 4.32. The minimum absolute atomic E-state index is 0.734. The summed E-state index contributed by atoms with van der Waals surface area (Å²) >= 11 is 0. The van der Waals surface area contributed by atoms with E-state index in [1.807, 2.05) is 13.0 Å². The predicted octanol–water partition coefficient (Wildman–Crippen LogP) is 2.39. The molecule has 3 heteroatoms. The molecular formula is C12H14N2O. The van der Waals surface area contributed by atoms with Gasteiger partial charge in [0.2, 0.25) is 0 Å². The van der Waals surface area contributed by atoms with Crippen LogP contribution >= 0.6 is 0 Å². The highest BCUT2D eigenvalue weighted by Gasteiger charge is 2.19. The molecule has 0 atom stereocenters. The largest absolute Gasteiger partial charge is 0.441 e. The lowest BCUT2D eigenvalue weighted by atomic mass is 10.2. The lowest BCUT2D eigenvalue weighted by Crippen LogP contribution is -2.15. The Hall–Kier alpha value is -1.35. The van der Waals surface area contributed by atoms with Crippen molar-refractivity contribution in [2.24, 2.45) is 0 Å². The number of nitrogens with one attached hydrogen (secondary N) is 1. The standard InChI is InChI=1S/C12H14N2O/c1-8-14-11-6-9(2-5-12(11)15-8)7-13-10-3-4-10/h2,5-6,10,13H,3-4,7H2,1H3. The second kappa shape index (κ2) is 3.35. The monoisotopic (exact) mass is 202 g/mol. The van der Waals surface area contributed by atoms with Gasteiger partial charge in [0, 0.05) is 19.5 Å². The van der Waals surface area contributed by atoms with Crippen LogP contribution in [0.3, 0.4) is 0 Å². The van der Waals surface area contributed by atoms with Crippen LogP contribution in [0, 0.1) is 6.92 Å². The van der Waals surface area contributed by atoms with Crippen LogP contribution in [-0.2, 0) is 6.54 Å². The highest BCUT2D eigenvalue weighted by atomic mass is 16.3. The van der Waals surface area contributed by atoms with E-state index in [1.54, 1.807) is 0 Å². The van der Waals surface area contributed by atoms with Gasteiger partial charge in [0.25, 0.3) is 0 Å². The molecule has 3 nitrogen and oxygen atoms in total. The van der Waals surface area contributed by atoms with Gasteiger partial charge in [0.1, 0.15) is 5.52 Å². The number of aryl methyl sites for hydroxylation is 1. The molecule has 1 aliphatic carbocycles. The first-order chi connectivity index (χ1) is 7.31. The molecule has 1 N–H and O–H groups in total. The van der Waals surface area contributed by atoms with E-state index in [1.165, 1.54) is 18.4 Å². The fraction of sp³-hybridized carbons (Fsp3) is 0.417. The van der Waals surface area contributed by atoms with Gasteiger partial charge in [-0.1, -0.05) is 6.07 Å². The molecule has 1 aromatic carbocycles. The molecule has 1 fully saturated rings. The van der Waals surface area contributed by atoms with Gasteiger partial charge >= 0.3 is 0 Å². The molecule has 0 aliphatic heterocycles. The van der Waals surface area contributed by atoms with Crippen LogP contribution in [0.25, 0.3) is 11.1 Å². The third kappa shape index (κ3) is 1.88. The molecule has 3 rings (SSSR count). The maximum absolute atomic E-state index is 5.43. The fourth-order valence-corrected chi connectivity index (χ4v) is 1.75. The van der Waals surface area contributed by atoms with Crippen molar-refractivity contribution in [3.05, 3.63) is 29.7 Å². The van der Waals surface area contributed by atoms with Gasteiger partial charge < -0.3 is 9.73 Å². The summed E-state index contributed by atoms with van der Waals surface area (Å²) in [7, 11) is 0. The van der Waals surface area contributed by atoms with E-state index >= 15 is 0 Å². The predicted molar refractivity (Wildman–Crippen MR) is 58.6 cm³/mol. The Labute approximate surface area is 88.5 Å². The maximum Gasteiger partial charge on any atom is 0.192 e. The van der Waals surface area contributed by atoms with Crippen molar-refractivity contribution < 1.29 is 4.42 Å². The zero-order valence-corrected chi connectivity index (χ0v) is 8.79. The van der Waals surface area contributed by atoms with E-state index in [0.717, 1.165) is 29.6 Å². The van der Waals surface area contributed by atoms with Crippen molar-refractivity contribution in [2.75, 3.05) is 0 Å². The minimum atomic E-state index is 0.734. The van der Waals surface area contributed by atoms with Crippen LogP contribution in [0.1, 0.15) is 24.3 Å².